The predicted octanol–water partition coefficient (Wildman–Crippen LogP) is 1.48. The van der Waals surface area contributed by atoms with E-state index >= 15 is 0 Å². The van der Waals surface area contributed by atoms with Gasteiger partial charge in [0.25, 0.3) is 10.0 Å². The lowest BCUT2D eigenvalue weighted by Gasteiger charge is -2.24. The molecule has 1 aromatic carbocycles. The van der Waals surface area contributed by atoms with Crippen LogP contribution in [0.5, 0.6) is 0 Å². The maximum atomic E-state index is 13.4. The number of benzene rings is 1. The molecule has 8 nitrogen and oxygen atoms in total. The van der Waals surface area contributed by atoms with E-state index in [2.05, 4.69) is 5.32 Å². The second-order valence-electron chi connectivity index (χ2n) is 5.77. The minimum absolute atomic E-state index is 0.0694. The maximum absolute atomic E-state index is 13.4. The number of hydrogen-bond acceptors (Lipinski definition) is 5. The Morgan fingerprint density at radius 2 is 2.04 bits per heavy atom. The second-order valence-corrected chi connectivity index (χ2v) is 7.56. The van der Waals surface area contributed by atoms with Crippen LogP contribution in [0.25, 0.3) is 11.0 Å². The van der Waals surface area contributed by atoms with Crippen molar-refractivity contribution >= 4 is 32.9 Å². The number of hydrogen-bond donors (Lipinski definition) is 2. The van der Waals surface area contributed by atoms with Gasteiger partial charge in [0.15, 0.2) is 0 Å². The minimum Gasteiger partial charge on any atom is -0.480 e. The van der Waals surface area contributed by atoms with Gasteiger partial charge in [-0.1, -0.05) is 0 Å². The number of nitrogens with one attached hydrogen (secondary N) is 1. The zero-order valence-corrected chi connectivity index (χ0v) is 15.3. The van der Waals surface area contributed by atoms with Gasteiger partial charge in [0.2, 0.25) is 11.0 Å². The molecule has 26 heavy (non-hydrogen) atoms. The third-order valence-electron chi connectivity index (χ3n) is 3.89. The summed E-state index contributed by atoms with van der Waals surface area (Å²) in [5.74, 6) is -2.27. The van der Waals surface area contributed by atoms with Gasteiger partial charge < -0.3 is 14.8 Å². The van der Waals surface area contributed by atoms with E-state index in [1.807, 2.05) is 0 Å². The van der Waals surface area contributed by atoms with Gasteiger partial charge in [0, 0.05) is 31.0 Å². The number of sulfonamides is 1. The van der Waals surface area contributed by atoms with Gasteiger partial charge in [0.1, 0.15) is 17.4 Å². The summed E-state index contributed by atoms with van der Waals surface area (Å²) < 4.78 is 45.5. The van der Waals surface area contributed by atoms with Crippen molar-refractivity contribution in [3.8, 4) is 0 Å². The van der Waals surface area contributed by atoms with Crippen molar-refractivity contribution in [1.29, 1.82) is 0 Å². The van der Waals surface area contributed by atoms with Crippen LogP contribution in [0.2, 0.25) is 0 Å². The Labute approximate surface area is 149 Å². The molecule has 0 aliphatic heterocycles. The topological polar surface area (TPSA) is 117 Å². The van der Waals surface area contributed by atoms with Gasteiger partial charge in [-0.3, -0.25) is 9.59 Å². The normalized spacial score (nSPS) is 13.1. The number of carboxylic acids is 1. The number of carbonyl (C=O) groups excluding carboxylic acids is 1. The Morgan fingerprint density at radius 1 is 1.38 bits per heavy atom. The lowest BCUT2D eigenvalue weighted by molar-refractivity contribution is -0.140. The highest BCUT2D eigenvalue weighted by molar-refractivity contribution is 7.89. The standard InChI is InChI=1S/C16H19FN2O6S/c1-9-13-8-12(17)4-5-14(13)25-16(9)26(23,24)19(10(2)15(21)22)7-6-18-11(3)20/h4-5,8,10H,6-7H2,1-3H3,(H,18,20)(H,21,22). The first kappa shape index (κ1) is 19.9. The zero-order valence-electron chi connectivity index (χ0n) is 14.4. The number of fused-ring (bicyclic) bond motifs is 1. The van der Waals surface area contributed by atoms with Crippen LogP contribution in [-0.2, 0) is 19.6 Å². The Bertz CT molecular complexity index is 953. The van der Waals surface area contributed by atoms with E-state index in [9.17, 15) is 27.5 Å². The lowest BCUT2D eigenvalue weighted by atomic mass is 10.2. The summed E-state index contributed by atoms with van der Waals surface area (Å²) in [7, 11) is -4.34. The Hall–Kier alpha value is -2.46. The lowest BCUT2D eigenvalue weighted by Crippen LogP contribution is -2.46. The molecular formula is C16H19FN2O6S. The third-order valence-corrected chi connectivity index (χ3v) is 5.87. The van der Waals surface area contributed by atoms with Crippen LogP contribution >= 0.6 is 0 Å². The summed E-state index contributed by atoms with van der Waals surface area (Å²) in [6.07, 6.45) is 0. The molecule has 0 fully saturated rings. The SMILES string of the molecule is CC(=O)NCCN(C(C)C(=O)O)S(=O)(=O)c1oc2ccc(F)cc2c1C. The average Bonchev–Trinajstić information content (AvgIpc) is 2.88. The van der Waals surface area contributed by atoms with Crippen molar-refractivity contribution in [2.75, 3.05) is 13.1 Å². The number of nitrogens with zero attached hydrogens (tertiary/aromatic N) is 1. The van der Waals surface area contributed by atoms with Crippen molar-refractivity contribution in [3.63, 3.8) is 0 Å². The molecule has 1 atom stereocenters. The molecule has 1 unspecified atom stereocenters. The van der Waals surface area contributed by atoms with Crippen LogP contribution in [0.4, 0.5) is 4.39 Å². The summed E-state index contributed by atoms with van der Waals surface area (Å²) in [5.41, 5.74) is 0.355. The first-order valence-electron chi connectivity index (χ1n) is 7.73. The largest absolute Gasteiger partial charge is 0.480 e. The Morgan fingerprint density at radius 3 is 2.62 bits per heavy atom. The maximum Gasteiger partial charge on any atom is 0.321 e. The summed E-state index contributed by atoms with van der Waals surface area (Å²) in [6, 6.07) is 2.20. The molecule has 1 amide bonds. The van der Waals surface area contributed by atoms with E-state index in [0.717, 1.165) is 16.4 Å². The molecule has 0 radical (unpaired) electrons. The zero-order chi connectivity index (χ0) is 19.6. The van der Waals surface area contributed by atoms with Crippen molar-refractivity contribution < 1.29 is 31.9 Å². The Balaban J connectivity index is 2.50. The molecule has 1 heterocycles. The summed E-state index contributed by atoms with van der Waals surface area (Å²) in [6.45, 7) is 3.60. The van der Waals surface area contributed by atoms with Crippen LogP contribution in [-0.4, -0.2) is 48.8 Å². The quantitative estimate of drug-likeness (QED) is 0.744. The van der Waals surface area contributed by atoms with E-state index in [1.165, 1.54) is 26.8 Å². The number of aryl methyl sites for hydroxylation is 1. The molecule has 0 saturated heterocycles. The van der Waals surface area contributed by atoms with Gasteiger partial charge >= 0.3 is 5.97 Å². The van der Waals surface area contributed by atoms with E-state index in [1.54, 1.807) is 0 Å². The van der Waals surface area contributed by atoms with Crippen LogP contribution in [0, 0.1) is 12.7 Å². The molecule has 2 N–H and O–H groups in total. The van der Waals surface area contributed by atoms with E-state index in [0.29, 0.717) is 0 Å². The molecule has 0 bridgehead atoms. The number of aliphatic carboxylic acids is 1. The van der Waals surface area contributed by atoms with Gasteiger partial charge in [-0.15, -0.1) is 0 Å². The number of carbonyl (C=O) groups is 2. The van der Waals surface area contributed by atoms with Gasteiger partial charge in [-0.2, -0.15) is 4.31 Å². The van der Waals surface area contributed by atoms with Crippen molar-refractivity contribution in [2.24, 2.45) is 0 Å². The average molecular weight is 386 g/mol. The van der Waals surface area contributed by atoms with Crippen LogP contribution < -0.4 is 5.32 Å². The molecule has 0 aliphatic carbocycles. The highest BCUT2D eigenvalue weighted by atomic mass is 32.2. The predicted molar refractivity (Wildman–Crippen MR) is 90.6 cm³/mol. The van der Waals surface area contributed by atoms with Crippen LogP contribution in [0.3, 0.4) is 0 Å². The number of carboxylic acid groups (broad SMARTS) is 1. The fraction of sp³-hybridized carbons (Fsp3) is 0.375. The fourth-order valence-corrected chi connectivity index (χ4v) is 4.25. The highest BCUT2D eigenvalue weighted by Crippen LogP contribution is 2.31. The van der Waals surface area contributed by atoms with Crippen molar-refractivity contribution in [2.45, 2.75) is 31.9 Å². The number of furan rings is 1. The second kappa shape index (κ2) is 7.42. The minimum atomic E-state index is -4.34. The van der Waals surface area contributed by atoms with Gasteiger partial charge in [-0.05, 0) is 32.0 Å². The van der Waals surface area contributed by atoms with Crippen molar-refractivity contribution in [3.05, 3.63) is 29.6 Å². The first-order chi connectivity index (χ1) is 12.1. The monoisotopic (exact) mass is 386 g/mol. The van der Waals surface area contributed by atoms with Gasteiger partial charge in [-0.25, -0.2) is 12.8 Å². The van der Waals surface area contributed by atoms with Gasteiger partial charge in [0.05, 0.1) is 0 Å². The molecular weight excluding hydrogens is 367 g/mol. The molecule has 10 heteroatoms. The van der Waals surface area contributed by atoms with Crippen LogP contribution in [0.15, 0.2) is 27.7 Å². The third kappa shape index (κ3) is 3.86. The highest BCUT2D eigenvalue weighted by Gasteiger charge is 2.36. The number of amides is 1. The molecule has 2 aromatic rings. The number of rotatable bonds is 7. The van der Waals surface area contributed by atoms with E-state index in [-0.39, 0.29) is 35.5 Å². The molecule has 2 rings (SSSR count). The summed E-state index contributed by atoms with van der Waals surface area (Å²) in [5, 5.41) is 11.5. The Kier molecular flexibility index (Phi) is 5.67. The van der Waals surface area contributed by atoms with E-state index in [4.69, 9.17) is 4.42 Å². The molecule has 0 aliphatic rings. The molecule has 142 valence electrons. The summed E-state index contributed by atoms with van der Waals surface area (Å²) in [4.78, 5) is 22.3. The van der Waals surface area contributed by atoms with Crippen LogP contribution in [0.1, 0.15) is 19.4 Å². The molecule has 0 spiro atoms. The van der Waals surface area contributed by atoms with E-state index < -0.39 is 32.9 Å². The molecule has 1 aromatic heterocycles. The number of halogens is 1. The molecule has 0 saturated carbocycles. The fourth-order valence-electron chi connectivity index (χ4n) is 2.51. The smallest absolute Gasteiger partial charge is 0.321 e. The first-order valence-corrected chi connectivity index (χ1v) is 9.17. The van der Waals surface area contributed by atoms with Crippen molar-refractivity contribution in [1.82, 2.24) is 9.62 Å². The summed E-state index contributed by atoms with van der Waals surface area (Å²) >= 11 is 0.